The third-order valence-corrected chi connectivity index (χ3v) is 5.49. The van der Waals surface area contributed by atoms with Gasteiger partial charge in [0.25, 0.3) is 0 Å². The van der Waals surface area contributed by atoms with Gasteiger partial charge in [-0.15, -0.1) is 0 Å². The molecule has 0 spiro atoms. The van der Waals surface area contributed by atoms with E-state index in [4.69, 9.17) is 17.3 Å². The Kier molecular flexibility index (Phi) is 5.32. The van der Waals surface area contributed by atoms with E-state index in [9.17, 15) is 0 Å². The summed E-state index contributed by atoms with van der Waals surface area (Å²) < 4.78 is 4.85. The Morgan fingerprint density at radius 3 is 2.37 bits per heavy atom. The summed E-state index contributed by atoms with van der Waals surface area (Å²) in [6, 6.07) is 21.0. The van der Waals surface area contributed by atoms with Crippen LogP contribution in [0.25, 0.3) is 5.57 Å². The van der Waals surface area contributed by atoms with Gasteiger partial charge < -0.3 is 0 Å². The highest BCUT2D eigenvalue weighted by molar-refractivity contribution is 7.71. The van der Waals surface area contributed by atoms with Gasteiger partial charge in [0, 0.05) is 13.1 Å². The van der Waals surface area contributed by atoms with Crippen LogP contribution in [0, 0.1) is 11.7 Å². The molecule has 1 aliphatic heterocycles. The number of nitrogens with zero attached hydrogens (tertiary/aromatic N) is 4. The van der Waals surface area contributed by atoms with Gasteiger partial charge in [-0.25, -0.2) is 4.68 Å². The lowest BCUT2D eigenvalue weighted by molar-refractivity contribution is 0.225. The Hall–Kier alpha value is -2.50. The van der Waals surface area contributed by atoms with Crippen molar-refractivity contribution in [2.75, 3.05) is 13.1 Å². The fraction of sp³-hybridized carbons (Fsp3) is 0.273. The molecular formula is C22H24N4S. The smallest absolute Gasteiger partial charge is 0.199 e. The molecule has 138 valence electrons. The topological polar surface area (TPSA) is 26.0 Å². The van der Waals surface area contributed by atoms with Gasteiger partial charge in [0.15, 0.2) is 4.77 Å². The van der Waals surface area contributed by atoms with E-state index in [0.717, 1.165) is 43.3 Å². The van der Waals surface area contributed by atoms with Gasteiger partial charge in [0.05, 0.1) is 13.2 Å². The van der Waals surface area contributed by atoms with E-state index < -0.39 is 0 Å². The summed E-state index contributed by atoms with van der Waals surface area (Å²) in [6.45, 7) is 5.48. The van der Waals surface area contributed by atoms with E-state index in [2.05, 4.69) is 70.1 Å². The van der Waals surface area contributed by atoms with Crippen molar-refractivity contribution in [1.82, 2.24) is 19.2 Å². The van der Waals surface area contributed by atoms with E-state index >= 15 is 0 Å². The molecule has 0 aliphatic carbocycles. The molecule has 0 saturated heterocycles. The van der Waals surface area contributed by atoms with Crippen molar-refractivity contribution >= 4 is 17.8 Å². The predicted octanol–water partition coefficient (Wildman–Crippen LogP) is 4.52. The first-order chi connectivity index (χ1) is 13.2. The van der Waals surface area contributed by atoms with E-state index in [-0.39, 0.29) is 0 Å². The zero-order valence-electron chi connectivity index (χ0n) is 15.6. The molecule has 5 heteroatoms. The van der Waals surface area contributed by atoms with Crippen LogP contribution in [0.4, 0.5) is 0 Å². The normalized spacial score (nSPS) is 14.9. The molecule has 4 nitrogen and oxygen atoms in total. The third-order valence-electron chi connectivity index (χ3n) is 5.06. The quantitative estimate of drug-likeness (QED) is 0.613. The largest absolute Gasteiger partial charge is 0.300 e. The SMILES string of the molecule is Cc1nn(CN2CC=C(c3ccccc3)CC2)c(=S)n1Cc1ccccc1. The van der Waals surface area contributed by atoms with Crippen molar-refractivity contribution in [2.45, 2.75) is 26.6 Å². The Balaban J connectivity index is 1.46. The van der Waals surface area contributed by atoms with Crippen molar-refractivity contribution in [2.24, 2.45) is 0 Å². The standard InChI is InChI=1S/C22H24N4S/c1-18-23-26(22(27)25(18)16-19-8-4-2-5-9-19)17-24-14-12-21(13-15-24)20-10-6-3-7-11-20/h2-12H,13-17H2,1H3. The first-order valence-electron chi connectivity index (χ1n) is 9.36. The van der Waals surface area contributed by atoms with Gasteiger partial charge in [0.1, 0.15) is 5.82 Å². The molecule has 4 rings (SSSR count). The molecule has 0 radical (unpaired) electrons. The maximum absolute atomic E-state index is 5.70. The van der Waals surface area contributed by atoms with Crippen LogP contribution in [0.5, 0.6) is 0 Å². The fourth-order valence-electron chi connectivity index (χ4n) is 3.53. The molecule has 0 bridgehead atoms. The average Bonchev–Trinajstić information content (AvgIpc) is 2.97. The molecular weight excluding hydrogens is 352 g/mol. The average molecular weight is 377 g/mol. The maximum atomic E-state index is 5.70. The second kappa shape index (κ2) is 8.03. The highest BCUT2D eigenvalue weighted by atomic mass is 32.1. The van der Waals surface area contributed by atoms with Gasteiger partial charge in [-0.2, -0.15) is 5.10 Å². The van der Waals surface area contributed by atoms with Crippen LogP contribution >= 0.6 is 12.2 Å². The Labute approximate surface area is 165 Å². The predicted molar refractivity (Wildman–Crippen MR) is 112 cm³/mol. The summed E-state index contributed by atoms with van der Waals surface area (Å²) in [5.41, 5.74) is 4.00. The highest BCUT2D eigenvalue weighted by Crippen LogP contribution is 2.22. The molecule has 0 N–H and O–H groups in total. The molecule has 0 saturated carbocycles. The fourth-order valence-corrected chi connectivity index (χ4v) is 3.83. The van der Waals surface area contributed by atoms with E-state index in [1.165, 1.54) is 16.7 Å². The molecule has 1 aliphatic rings. The molecule has 0 amide bonds. The number of aromatic nitrogens is 3. The van der Waals surface area contributed by atoms with Crippen molar-refractivity contribution in [3.63, 3.8) is 0 Å². The van der Waals surface area contributed by atoms with Crippen molar-refractivity contribution in [1.29, 1.82) is 0 Å². The summed E-state index contributed by atoms with van der Waals surface area (Å²) in [5.74, 6) is 0.960. The minimum Gasteiger partial charge on any atom is -0.300 e. The molecule has 0 atom stereocenters. The summed E-state index contributed by atoms with van der Waals surface area (Å²) in [4.78, 5) is 2.39. The number of benzene rings is 2. The summed E-state index contributed by atoms with van der Waals surface area (Å²) >= 11 is 5.70. The van der Waals surface area contributed by atoms with E-state index in [0.29, 0.717) is 0 Å². The van der Waals surface area contributed by atoms with Gasteiger partial charge in [-0.3, -0.25) is 9.47 Å². The Morgan fingerprint density at radius 2 is 1.70 bits per heavy atom. The van der Waals surface area contributed by atoms with Crippen LogP contribution in [0.2, 0.25) is 0 Å². The lowest BCUT2D eigenvalue weighted by atomic mass is 10.00. The van der Waals surface area contributed by atoms with Crippen molar-refractivity contribution < 1.29 is 0 Å². The number of hydrogen-bond acceptors (Lipinski definition) is 3. The lowest BCUT2D eigenvalue weighted by Crippen LogP contribution is -2.31. The van der Waals surface area contributed by atoms with E-state index in [1.807, 2.05) is 17.7 Å². The van der Waals surface area contributed by atoms with Crippen LogP contribution in [-0.2, 0) is 13.2 Å². The molecule has 1 aromatic heterocycles. The number of hydrogen-bond donors (Lipinski definition) is 0. The zero-order valence-corrected chi connectivity index (χ0v) is 16.4. The molecule has 2 heterocycles. The Bertz CT molecular complexity index is 986. The van der Waals surface area contributed by atoms with Crippen LogP contribution < -0.4 is 0 Å². The van der Waals surface area contributed by atoms with E-state index in [1.54, 1.807) is 0 Å². The zero-order chi connectivity index (χ0) is 18.6. The Morgan fingerprint density at radius 1 is 1.00 bits per heavy atom. The van der Waals surface area contributed by atoms with Crippen molar-refractivity contribution in [3.8, 4) is 0 Å². The van der Waals surface area contributed by atoms with Crippen molar-refractivity contribution in [3.05, 3.63) is 88.5 Å². The second-order valence-electron chi connectivity index (χ2n) is 6.96. The minimum atomic E-state index is 0.736. The minimum absolute atomic E-state index is 0.736. The lowest BCUT2D eigenvalue weighted by Gasteiger charge is -2.26. The number of aryl methyl sites for hydroxylation is 1. The van der Waals surface area contributed by atoms with Crippen LogP contribution in [0.3, 0.4) is 0 Å². The molecule has 3 aromatic rings. The first-order valence-corrected chi connectivity index (χ1v) is 9.76. The molecule has 0 unspecified atom stereocenters. The summed E-state index contributed by atoms with van der Waals surface area (Å²) in [7, 11) is 0. The maximum Gasteiger partial charge on any atom is 0.199 e. The molecule has 27 heavy (non-hydrogen) atoms. The summed E-state index contributed by atoms with van der Waals surface area (Å²) in [6.07, 6.45) is 3.39. The van der Waals surface area contributed by atoms with Gasteiger partial charge in [-0.1, -0.05) is 66.7 Å². The van der Waals surface area contributed by atoms with Gasteiger partial charge >= 0.3 is 0 Å². The van der Waals surface area contributed by atoms with Gasteiger partial charge in [0.2, 0.25) is 0 Å². The van der Waals surface area contributed by atoms with Crippen LogP contribution in [0.1, 0.15) is 23.4 Å². The number of rotatable bonds is 5. The third kappa shape index (κ3) is 4.10. The monoisotopic (exact) mass is 376 g/mol. The van der Waals surface area contributed by atoms with Crippen LogP contribution in [0.15, 0.2) is 66.7 Å². The molecule has 2 aromatic carbocycles. The van der Waals surface area contributed by atoms with Crippen LogP contribution in [-0.4, -0.2) is 32.3 Å². The van der Waals surface area contributed by atoms with Gasteiger partial charge in [-0.05, 0) is 42.3 Å². The molecule has 0 fully saturated rings. The first kappa shape index (κ1) is 17.9. The highest BCUT2D eigenvalue weighted by Gasteiger charge is 2.15. The second-order valence-corrected chi connectivity index (χ2v) is 7.33. The summed E-state index contributed by atoms with van der Waals surface area (Å²) in [5, 5.41) is 4.69.